The fourth-order valence-corrected chi connectivity index (χ4v) is 1.72. The van der Waals surface area contributed by atoms with Gasteiger partial charge in [-0.25, -0.2) is 0 Å². The number of benzene rings is 1. The Hall–Kier alpha value is -1.61. The molecule has 0 atom stereocenters. The number of hydrogen-bond donors (Lipinski definition) is 1. The highest BCUT2D eigenvalue weighted by molar-refractivity contribution is 5.87. The number of ether oxygens (including phenoxy) is 1. The summed E-state index contributed by atoms with van der Waals surface area (Å²) in [6.45, 7) is 1.89. The van der Waals surface area contributed by atoms with Crippen LogP contribution in [-0.2, 0) is 0 Å². The number of rotatable bonds is 2. The molecule has 1 N–H and O–H groups in total. The van der Waals surface area contributed by atoms with Crippen LogP contribution < -0.4 is 10.1 Å². The molecule has 3 rings (SSSR count). The summed E-state index contributed by atoms with van der Waals surface area (Å²) < 4.78 is 5.87. The van der Waals surface area contributed by atoms with Crippen molar-refractivity contribution in [2.45, 2.75) is 6.10 Å². The normalized spacial score (nSPS) is 16.3. The van der Waals surface area contributed by atoms with Gasteiger partial charge in [0.2, 0.25) is 0 Å². The molecule has 15 heavy (non-hydrogen) atoms. The van der Waals surface area contributed by atoms with Crippen LogP contribution in [0.5, 0.6) is 5.75 Å². The minimum atomic E-state index is 0.323. The second-order valence-corrected chi connectivity index (χ2v) is 3.75. The maximum atomic E-state index is 5.87. The van der Waals surface area contributed by atoms with Gasteiger partial charge in [-0.2, -0.15) is 0 Å². The largest absolute Gasteiger partial charge is 0.487 e. The number of pyridine rings is 1. The van der Waals surface area contributed by atoms with Crippen LogP contribution >= 0.6 is 0 Å². The van der Waals surface area contributed by atoms with E-state index < -0.39 is 0 Å². The van der Waals surface area contributed by atoms with Gasteiger partial charge in [0, 0.05) is 36.3 Å². The van der Waals surface area contributed by atoms with Crippen LogP contribution in [0.25, 0.3) is 10.8 Å². The molecule has 1 aliphatic heterocycles. The van der Waals surface area contributed by atoms with Gasteiger partial charge in [0.15, 0.2) is 0 Å². The van der Waals surface area contributed by atoms with Crippen LogP contribution in [-0.4, -0.2) is 24.2 Å². The maximum Gasteiger partial charge on any atom is 0.127 e. The van der Waals surface area contributed by atoms with Gasteiger partial charge in [-0.1, -0.05) is 12.1 Å². The van der Waals surface area contributed by atoms with Crippen molar-refractivity contribution in [1.82, 2.24) is 10.3 Å². The van der Waals surface area contributed by atoms with E-state index in [-0.39, 0.29) is 0 Å². The zero-order valence-electron chi connectivity index (χ0n) is 8.31. The van der Waals surface area contributed by atoms with E-state index in [0.717, 1.165) is 29.6 Å². The third-order valence-corrected chi connectivity index (χ3v) is 2.68. The molecular formula is C12H12N2O. The van der Waals surface area contributed by atoms with Crippen molar-refractivity contribution in [3.05, 3.63) is 36.7 Å². The predicted molar refractivity (Wildman–Crippen MR) is 59.0 cm³/mol. The van der Waals surface area contributed by atoms with Gasteiger partial charge in [-0.15, -0.1) is 0 Å². The highest BCUT2D eigenvalue weighted by Crippen LogP contribution is 2.25. The molecule has 0 radical (unpaired) electrons. The molecule has 0 bridgehead atoms. The van der Waals surface area contributed by atoms with E-state index >= 15 is 0 Å². The summed E-state index contributed by atoms with van der Waals surface area (Å²) in [6.07, 6.45) is 3.99. The Morgan fingerprint density at radius 3 is 3.00 bits per heavy atom. The lowest BCUT2D eigenvalue weighted by Crippen LogP contribution is -2.50. The van der Waals surface area contributed by atoms with E-state index in [9.17, 15) is 0 Å². The minimum absolute atomic E-state index is 0.323. The highest BCUT2D eigenvalue weighted by atomic mass is 16.5. The second-order valence-electron chi connectivity index (χ2n) is 3.75. The van der Waals surface area contributed by atoms with Crippen molar-refractivity contribution in [2.75, 3.05) is 13.1 Å². The molecule has 1 aromatic heterocycles. The molecule has 0 saturated carbocycles. The van der Waals surface area contributed by atoms with Gasteiger partial charge in [0.05, 0.1) is 0 Å². The number of nitrogens with one attached hydrogen (secondary N) is 1. The second kappa shape index (κ2) is 3.51. The number of aromatic nitrogens is 1. The molecule has 1 aromatic carbocycles. The average molecular weight is 200 g/mol. The van der Waals surface area contributed by atoms with Crippen molar-refractivity contribution in [2.24, 2.45) is 0 Å². The van der Waals surface area contributed by atoms with Gasteiger partial charge in [-0.3, -0.25) is 4.98 Å². The SMILES string of the molecule is c1cc(OC2CNC2)c2ccncc2c1. The zero-order chi connectivity index (χ0) is 10.1. The van der Waals surface area contributed by atoms with Crippen molar-refractivity contribution >= 4 is 10.8 Å². The van der Waals surface area contributed by atoms with Crippen LogP contribution in [0.1, 0.15) is 0 Å². The number of hydrogen-bond acceptors (Lipinski definition) is 3. The molecule has 0 amide bonds. The Kier molecular flexibility index (Phi) is 2.03. The van der Waals surface area contributed by atoms with Crippen LogP contribution in [0.15, 0.2) is 36.7 Å². The third kappa shape index (κ3) is 1.55. The molecule has 2 aromatic rings. The van der Waals surface area contributed by atoms with Crippen LogP contribution in [0.3, 0.4) is 0 Å². The van der Waals surface area contributed by atoms with E-state index in [2.05, 4.69) is 10.3 Å². The van der Waals surface area contributed by atoms with Crippen LogP contribution in [0, 0.1) is 0 Å². The van der Waals surface area contributed by atoms with Gasteiger partial charge in [-0.05, 0) is 12.1 Å². The lowest BCUT2D eigenvalue weighted by atomic mass is 10.1. The topological polar surface area (TPSA) is 34.1 Å². The Labute approximate surface area is 88.1 Å². The molecule has 1 saturated heterocycles. The van der Waals surface area contributed by atoms with E-state index in [0.29, 0.717) is 6.10 Å². The van der Waals surface area contributed by atoms with Crippen LogP contribution in [0.2, 0.25) is 0 Å². The first-order valence-electron chi connectivity index (χ1n) is 5.13. The van der Waals surface area contributed by atoms with E-state index in [1.165, 1.54) is 0 Å². The quantitative estimate of drug-likeness (QED) is 0.799. The number of nitrogens with zero attached hydrogens (tertiary/aromatic N) is 1. The molecule has 0 unspecified atom stereocenters. The highest BCUT2D eigenvalue weighted by Gasteiger charge is 2.18. The summed E-state index contributed by atoms with van der Waals surface area (Å²) in [5, 5.41) is 5.46. The zero-order valence-corrected chi connectivity index (χ0v) is 8.31. The summed E-state index contributed by atoms with van der Waals surface area (Å²) in [5.41, 5.74) is 0. The van der Waals surface area contributed by atoms with Crippen molar-refractivity contribution in [3.63, 3.8) is 0 Å². The Morgan fingerprint density at radius 1 is 1.27 bits per heavy atom. The summed E-state index contributed by atoms with van der Waals surface area (Å²) in [6, 6.07) is 8.07. The van der Waals surface area contributed by atoms with Gasteiger partial charge < -0.3 is 10.1 Å². The smallest absolute Gasteiger partial charge is 0.127 e. The monoisotopic (exact) mass is 200 g/mol. The molecule has 1 aliphatic rings. The average Bonchev–Trinajstić information content (AvgIpc) is 2.23. The fraction of sp³-hybridized carbons (Fsp3) is 0.250. The standard InChI is InChI=1S/C12H12N2O/c1-2-9-6-13-5-4-11(9)12(3-1)15-10-7-14-8-10/h1-6,10,14H,7-8H2. The van der Waals surface area contributed by atoms with E-state index in [1.807, 2.05) is 30.5 Å². The summed E-state index contributed by atoms with van der Waals surface area (Å²) in [5.74, 6) is 0.960. The van der Waals surface area contributed by atoms with Gasteiger partial charge in [0.25, 0.3) is 0 Å². The lowest BCUT2D eigenvalue weighted by Gasteiger charge is -2.28. The molecular weight excluding hydrogens is 188 g/mol. The Bertz CT molecular complexity index is 475. The maximum absolute atomic E-state index is 5.87. The Balaban J connectivity index is 2.01. The number of fused-ring (bicyclic) bond motifs is 1. The molecule has 76 valence electrons. The minimum Gasteiger partial charge on any atom is -0.487 e. The van der Waals surface area contributed by atoms with E-state index in [4.69, 9.17) is 4.74 Å². The van der Waals surface area contributed by atoms with Gasteiger partial charge in [0.1, 0.15) is 11.9 Å². The summed E-state index contributed by atoms with van der Waals surface area (Å²) in [4.78, 5) is 4.10. The summed E-state index contributed by atoms with van der Waals surface area (Å²) in [7, 11) is 0. The molecule has 3 nitrogen and oxygen atoms in total. The van der Waals surface area contributed by atoms with Crippen molar-refractivity contribution in [3.8, 4) is 5.75 Å². The molecule has 0 spiro atoms. The van der Waals surface area contributed by atoms with Crippen molar-refractivity contribution < 1.29 is 4.74 Å². The molecule has 2 heterocycles. The van der Waals surface area contributed by atoms with Gasteiger partial charge >= 0.3 is 0 Å². The molecule has 1 fully saturated rings. The van der Waals surface area contributed by atoms with Crippen LogP contribution in [0.4, 0.5) is 0 Å². The molecule has 0 aliphatic carbocycles. The first kappa shape index (κ1) is 8.68. The lowest BCUT2D eigenvalue weighted by molar-refractivity contribution is 0.144. The third-order valence-electron chi connectivity index (χ3n) is 2.68. The van der Waals surface area contributed by atoms with Crippen molar-refractivity contribution in [1.29, 1.82) is 0 Å². The predicted octanol–water partition coefficient (Wildman–Crippen LogP) is 1.59. The first-order chi connectivity index (χ1) is 7.43. The van der Waals surface area contributed by atoms with E-state index in [1.54, 1.807) is 6.20 Å². The fourth-order valence-electron chi connectivity index (χ4n) is 1.72. The summed E-state index contributed by atoms with van der Waals surface area (Å²) >= 11 is 0. The Morgan fingerprint density at radius 2 is 2.20 bits per heavy atom. The first-order valence-corrected chi connectivity index (χ1v) is 5.13. The molecule has 3 heteroatoms.